The third kappa shape index (κ3) is 3.72. The maximum atomic E-state index is 12.0. The van der Waals surface area contributed by atoms with Crippen molar-refractivity contribution in [2.24, 2.45) is 7.05 Å². The summed E-state index contributed by atoms with van der Waals surface area (Å²) < 4.78 is 1.67. The lowest BCUT2D eigenvalue weighted by atomic mass is 10.2. The first-order valence-electron chi connectivity index (χ1n) is 5.86. The largest absolute Gasteiger partial charge is 0.371 e. The number of halogens is 1. The van der Waals surface area contributed by atoms with Crippen LogP contribution in [-0.2, 0) is 11.8 Å². The molecule has 0 spiro atoms. The van der Waals surface area contributed by atoms with E-state index in [-0.39, 0.29) is 11.9 Å². The lowest BCUT2D eigenvalue weighted by Crippen LogP contribution is -2.31. The van der Waals surface area contributed by atoms with Crippen molar-refractivity contribution in [3.05, 3.63) is 41.7 Å². The van der Waals surface area contributed by atoms with Crippen LogP contribution in [0.15, 0.2) is 36.7 Å². The molecule has 0 radical (unpaired) electrons. The first-order valence-corrected chi connectivity index (χ1v) is 6.24. The zero-order valence-electron chi connectivity index (χ0n) is 10.7. The number of amides is 1. The van der Waals surface area contributed by atoms with Gasteiger partial charge in [-0.3, -0.25) is 9.48 Å². The normalized spacial score (nSPS) is 11.9. The molecule has 0 aliphatic rings. The number of hydrogen-bond donors (Lipinski definition) is 2. The smallest absolute Gasteiger partial charge is 0.246 e. The maximum Gasteiger partial charge on any atom is 0.246 e. The Balaban J connectivity index is 1.96. The number of benzene rings is 1. The quantitative estimate of drug-likeness (QED) is 0.903. The molecule has 100 valence electrons. The lowest BCUT2D eigenvalue weighted by Gasteiger charge is -2.13. The molecular formula is C13H15ClN4O. The van der Waals surface area contributed by atoms with Crippen molar-refractivity contribution >= 4 is 28.9 Å². The van der Waals surface area contributed by atoms with Crippen LogP contribution in [0, 0.1) is 0 Å². The fourth-order valence-corrected chi connectivity index (χ4v) is 1.82. The summed E-state index contributed by atoms with van der Waals surface area (Å²) in [4.78, 5) is 12.0. The van der Waals surface area contributed by atoms with Crippen LogP contribution in [0.5, 0.6) is 0 Å². The molecule has 5 nitrogen and oxygen atoms in total. The van der Waals surface area contributed by atoms with Gasteiger partial charge >= 0.3 is 0 Å². The highest BCUT2D eigenvalue weighted by Crippen LogP contribution is 2.15. The summed E-state index contributed by atoms with van der Waals surface area (Å²) in [5.41, 5.74) is 1.48. The number of anilines is 2. The first-order chi connectivity index (χ1) is 9.04. The molecule has 1 atom stereocenters. The zero-order chi connectivity index (χ0) is 13.8. The lowest BCUT2D eigenvalue weighted by molar-refractivity contribution is -0.116. The minimum absolute atomic E-state index is 0.133. The summed E-state index contributed by atoms with van der Waals surface area (Å²) in [7, 11) is 1.82. The van der Waals surface area contributed by atoms with Crippen molar-refractivity contribution in [1.29, 1.82) is 0 Å². The fraction of sp³-hybridized carbons (Fsp3) is 0.231. The van der Waals surface area contributed by atoms with Crippen LogP contribution in [0.2, 0.25) is 5.02 Å². The number of carbonyl (C=O) groups excluding carboxylic acids is 1. The zero-order valence-corrected chi connectivity index (χ0v) is 11.5. The fourth-order valence-electron chi connectivity index (χ4n) is 1.63. The van der Waals surface area contributed by atoms with Crippen molar-refractivity contribution in [3.63, 3.8) is 0 Å². The van der Waals surface area contributed by atoms with Crippen LogP contribution in [0.3, 0.4) is 0 Å². The van der Waals surface area contributed by atoms with Crippen molar-refractivity contribution in [2.75, 3.05) is 10.6 Å². The first kappa shape index (κ1) is 13.4. The van der Waals surface area contributed by atoms with Gasteiger partial charge in [-0.25, -0.2) is 0 Å². The molecule has 2 aromatic rings. The Bertz CT molecular complexity index is 582. The summed E-state index contributed by atoms with van der Waals surface area (Å²) in [5.74, 6) is -0.133. The Morgan fingerprint density at radius 1 is 1.42 bits per heavy atom. The van der Waals surface area contributed by atoms with Gasteiger partial charge in [-0.05, 0) is 25.1 Å². The van der Waals surface area contributed by atoms with Crippen LogP contribution >= 0.6 is 11.6 Å². The second-order valence-corrected chi connectivity index (χ2v) is 4.70. The van der Waals surface area contributed by atoms with E-state index in [9.17, 15) is 4.79 Å². The number of nitrogens with zero attached hydrogens (tertiary/aromatic N) is 2. The minimum atomic E-state index is -0.372. The van der Waals surface area contributed by atoms with E-state index in [2.05, 4.69) is 15.7 Å². The van der Waals surface area contributed by atoms with Crippen LogP contribution in [0.1, 0.15) is 6.92 Å². The SMILES string of the molecule is CC(Nc1cnn(C)c1)C(=O)Nc1cccc(Cl)c1. The number of carbonyl (C=O) groups is 1. The highest BCUT2D eigenvalue weighted by atomic mass is 35.5. The van der Waals surface area contributed by atoms with Gasteiger partial charge in [0.2, 0.25) is 5.91 Å². The molecule has 0 aliphatic carbocycles. The van der Waals surface area contributed by atoms with E-state index in [1.807, 2.05) is 13.2 Å². The standard InChI is InChI=1S/C13H15ClN4O/c1-9(16-12-7-15-18(2)8-12)13(19)17-11-5-3-4-10(14)6-11/h3-9,16H,1-2H3,(H,17,19). The molecule has 2 rings (SSSR count). The predicted octanol–water partition coefficient (Wildman–Crippen LogP) is 2.51. The number of nitrogens with one attached hydrogen (secondary N) is 2. The van der Waals surface area contributed by atoms with E-state index in [1.54, 1.807) is 42.1 Å². The molecule has 6 heteroatoms. The third-order valence-electron chi connectivity index (χ3n) is 2.57. The number of aromatic nitrogens is 2. The van der Waals surface area contributed by atoms with Gasteiger partial charge in [0.1, 0.15) is 6.04 Å². The average Bonchev–Trinajstić information content (AvgIpc) is 2.74. The molecule has 1 aromatic heterocycles. The van der Waals surface area contributed by atoms with Gasteiger partial charge in [0.25, 0.3) is 0 Å². The van der Waals surface area contributed by atoms with Gasteiger partial charge in [-0.15, -0.1) is 0 Å². The van der Waals surface area contributed by atoms with Crippen molar-refractivity contribution in [3.8, 4) is 0 Å². The number of rotatable bonds is 4. The van der Waals surface area contributed by atoms with Gasteiger partial charge in [0.15, 0.2) is 0 Å². The molecule has 19 heavy (non-hydrogen) atoms. The summed E-state index contributed by atoms with van der Waals surface area (Å²) in [5, 5.41) is 10.5. The monoisotopic (exact) mass is 278 g/mol. The maximum absolute atomic E-state index is 12.0. The highest BCUT2D eigenvalue weighted by Gasteiger charge is 2.13. The number of aryl methyl sites for hydroxylation is 1. The molecule has 0 fully saturated rings. The van der Waals surface area contributed by atoms with Crippen LogP contribution in [0.4, 0.5) is 11.4 Å². The summed E-state index contributed by atoms with van der Waals surface area (Å²) in [6.07, 6.45) is 3.48. The van der Waals surface area contributed by atoms with Crippen molar-refractivity contribution in [2.45, 2.75) is 13.0 Å². The minimum Gasteiger partial charge on any atom is -0.371 e. The molecule has 0 aliphatic heterocycles. The predicted molar refractivity (Wildman–Crippen MR) is 76.4 cm³/mol. The van der Waals surface area contributed by atoms with E-state index in [4.69, 9.17) is 11.6 Å². The second-order valence-electron chi connectivity index (χ2n) is 4.27. The Hall–Kier alpha value is -2.01. The number of hydrogen-bond acceptors (Lipinski definition) is 3. The average molecular weight is 279 g/mol. The van der Waals surface area contributed by atoms with Gasteiger partial charge < -0.3 is 10.6 Å². The van der Waals surface area contributed by atoms with Crippen molar-refractivity contribution in [1.82, 2.24) is 9.78 Å². The molecule has 2 N–H and O–H groups in total. The molecule has 1 heterocycles. The molecule has 1 aromatic carbocycles. The van der Waals surface area contributed by atoms with Crippen molar-refractivity contribution < 1.29 is 4.79 Å². The van der Waals surface area contributed by atoms with Crippen LogP contribution < -0.4 is 10.6 Å². The van der Waals surface area contributed by atoms with E-state index >= 15 is 0 Å². The summed E-state index contributed by atoms with van der Waals surface area (Å²) >= 11 is 5.86. The van der Waals surface area contributed by atoms with Gasteiger partial charge in [-0.2, -0.15) is 5.10 Å². The van der Waals surface area contributed by atoms with Gasteiger partial charge in [0, 0.05) is 24.0 Å². The van der Waals surface area contributed by atoms with E-state index in [0.29, 0.717) is 10.7 Å². The molecule has 0 saturated carbocycles. The summed E-state index contributed by atoms with van der Waals surface area (Å²) in [6.45, 7) is 1.78. The van der Waals surface area contributed by atoms with Crippen LogP contribution in [-0.4, -0.2) is 21.7 Å². The van der Waals surface area contributed by atoms with Gasteiger partial charge in [0.05, 0.1) is 11.9 Å². The van der Waals surface area contributed by atoms with Crippen LogP contribution in [0.25, 0.3) is 0 Å². The Labute approximate surface area is 116 Å². The van der Waals surface area contributed by atoms with E-state index < -0.39 is 0 Å². The Morgan fingerprint density at radius 3 is 2.84 bits per heavy atom. The molecule has 1 amide bonds. The van der Waals surface area contributed by atoms with E-state index in [0.717, 1.165) is 5.69 Å². The topological polar surface area (TPSA) is 59.0 Å². The Morgan fingerprint density at radius 2 is 2.21 bits per heavy atom. The third-order valence-corrected chi connectivity index (χ3v) is 2.81. The molecule has 0 bridgehead atoms. The molecule has 0 saturated heterocycles. The summed E-state index contributed by atoms with van der Waals surface area (Å²) in [6, 6.07) is 6.67. The highest BCUT2D eigenvalue weighted by molar-refractivity contribution is 6.30. The molecule has 1 unspecified atom stereocenters. The van der Waals surface area contributed by atoms with Gasteiger partial charge in [-0.1, -0.05) is 17.7 Å². The molecular weight excluding hydrogens is 264 g/mol. The van der Waals surface area contributed by atoms with E-state index in [1.165, 1.54) is 0 Å². The second kappa shape index (κ2) is 5.75. The Kier molecular flexibility index (Phi) is 4.06.